The van der Waals surface area contributed by atoms with Crippen LogP contribution in [-0.2, 0) is 13.0 Å². The molecule has 4 nitrogen and oxygen atoms in total. The van der Waals surface area contributed by atoms with E-state index >= 15 is 0 Å². The predicted octanol–water partition coefficient (Wildman–Crippen LogP) is 3.10. The Morgan fingerprint density at radius 2 is 2.33 bits per heavy atom. The van der Waals surface area contributed by atoms with Crippen LogP contribution in [0.4, 0.5) is 5.82 Å². The zero-order valence-electron chi connectivity index (χ0n) is 10.3. The van der Waals surface area contributed by atoms with Crippen molar-refractivity contribution in [3.8, 4) is 0 Å². The van der Waals surface area contributed by atoms with Gasteiger partial charge in [0.2, 0.25) is 0 Å². The average Bonchev–Trinajstić information content (AvgIpc) is 2.37. The van der Waals surface area contributed by atoms with Crippen molar-refractivity contribution in [2.45, 2.75) is 26.3 Å². The molecule has 0 saturated carbocycles. The highest BCUT2D eigenvalue weighted by molar-refractivity contribution is 7.71. The predicted molar refractivity (Wildman–Crippen MR) is 75.0 cm³/mol. The van der Waals surface area contributed by atoms with Gasteiger partial charge >= 0.3 is 0 Å². The fourth-order valence-electron chi connectivity index (χ4n) is 1.66. The molecular formula is C13H16N4S. The third-order valence-corrected chi connectivity index (χ3v) is 2.69. The van der Waals surface area contributed by atoms with Crippen molar-refractivity contribution >= 4 is 18.0 Å². The van der Waals surface area contributed by atoms with Crippen LogP contribution in [-0.4, -0.2) is 15.0 Å². The fourth-order valence-corrected chi connectivity index (χ4v) is 1.89. The monoisotopic (exact) mass is 260 g/mol. The largest absolute Gasteiger partial charge is 0.367 e. The highest BCUT2D eigenvalue weighted by Gasteiger charge is 1.98. The van der Waals surface area contributed by atoms with Crippen molar-refractivity contribution in [3.05, 3.63) is 46.6 Å². The van der Waals surface area contributed by atoms with E-state index in [1.165, 1.54) is 0 Å². The van der Waals surface area contributed by atoms with Gasteiger partial charge in [-0.15, -0.1) is 0 Å². The molecule has 2 heterocycles. The molecule has 0 amide bonds. The first kappa shape index (κ1) is 12.7. The first-order valence-corrected chi connectivity index (χ1v) is 6.42. The van der Waals surface area contributed by atoms with E-state index in [-0.39, 0.29) is 0 Å². The van der Waals surface area contributed by atoms with Gasteiger partial charge in [0.05, 0.1) is 0 Å². The molecule has 2 aromatic heterocycles. The summed E-state index contributed by atoms with van der Waals surface area (Å²) in [6, 6.07) is 5.79. The molecule has 0 radical (unpaired) electrons. The van der Waals surface area contributed by atoms with E-state index in [4.69, 9.17) is 12.2 Å². The smallest absolute Gasteiger partial charge is 0.131 e. The quantitative estimate of drug-likeness (QED) is 0.811. The summed E-state index contributed by atoms with van der Waals surface area (Å²) in [7, 11) is 0. The number of H-pyrrole nitrogens is 1. The SMILES string of the molecule is CCCc1nc(=S)cc(NCc2cccnc2)[nH]1. The van der Waals surface area contributed by atoms with Gasteiger partial charge in [0, 0.05) is 31.4 Å². The van der Waals surface area contributed by atoms with Crippen LogP contribution in [0.2, 0.25) is 0 Å². The Labute approximate surface area is 112 Å². The fraction of sp³-hybridized carbons (Fsp3) is 0.308. The molecule has 0 aliphatic carbocycles. The van der Waals surface area contributed by atoms with Crippen LogP contribution in [0, 0.1) is 4.64 Å². The molecule has 5 heteroatoms. The van der Waals surface area contributed by atoms with E-state index in [1.54, 1.807) is 6.20 Å². The van der Waals surface area contributed by atoms with Crippen LogP contribution in [0.3, 0.4) is 0 Å². The molecule has 0 aromatic carbocycles. The molecule has 2 N–H and O–H groups in total. The zero-order chi connectivity index (χ0) is 12.8. The van der Waals surface area contributed by atoms with Gasteiger partial charge in [0.1, 0.15) is 16.3 Å². The van der Waals surface area contributed by atoms with Gasteiger partial charge in [-0.2, -0.15) is 0 Å². The van der Waals surface area contributed by atoms with Crippen LogP contribution < -0.4 is 5.32 Å². The minimum Gasteiger partial charge on any atom is -0.367 e. The Bertz CT molecular complexity index is 550. The average molecular weight is 260 g/mol. The molecule has 18 heavy (non-hydrogen) atoms. The van der Waals surface area contributed by atoms with Crippen molar-refractivity contribution in [3.63, 3.8) is 0 Å². The van der Waals surface area contributed by atoms with Crippen molar-refractivity contribution < 1.29 is 0 Å². The van der Waals surface area contributed by atoms with Crippen molar-refractivity contribution in [2.75, 3.05) is 5.32 Å². The number of aryl methyl sites for hydroxylation is 1. The minimum atomic E-state index is 0.617. The number of pyridine rings is 1. The van der Waals surface area contributed by atoms with Gasteiger partial charge < -0.3 is 10.3 Å². The molecular weight excluding hydrogens is 244 g/mol. The second kappa shape index (κ2) is 6.26. The Morgan fingerprint density at radius 3 is 3.06 bits per heavy atom. The lowest BCUT2D eigenvalue weighted by Gasteiger charge is -2.08. The van der Waals surface area contributed by atoms with E-state index in [9.17, 15) is 0 Å². The van der Waals surface area contributed by atoms with Crippen LogP contribution >= 0.6 is 12.2 Å². The summed E-state index contributed by atoms with van der Waals surface area (Å²) in [5, 5.41) is 3.30. The van der Waals surface area contributed by atoms with E-state index in [0.29, 0.717) is 11.2 Å². The maximum atomic E-state index is 5.15. The second-order valence-electron chi connectivity index (χ2n) is 4.04. The molecule has 94 valence electrons. The summed E-state index contributed by atoms with van der Waals surface area (Å²) in [6.07, 6.45) is 5.56. The molecule has 0 aliphatic rings. The number of hydrogen-bond donors (Lipinski definition) is 2. The van der Waals surface area contributed by atoms with Crippen molar-refractivity contribution in [2.24, 2.45) is 0 Å². The maximum Gasteiger partial charge on any atom is 0.131 e. The van der Waals surface area contributed by atoms with E-state index < -0.39 is 0 Å². The number of nitrogens with zero attached hydrogens (tertiary/aromatic N) is 2. The maximum absolute atomic E-state index is 5.15. The molecule has 0 atom stereocenters. The standard InChI is InChI=1S/C13H16N4S/c1-2-4-11-16-12(7-13(18)17-11)15-9-10-5-3-6-14-8-10/h3,5-8H,2,4,9H2,1H3,(H2,15,16,17,18). The second-order valence-corrected chi connectivity index (χ2v) is 4.46. The molecule has 0 aliphatic heterocycles. The van der Waals surface area contributed by atoms with Crippen LogP contribution in [0.5, 0.6) is 0 Å². The van der Waals surface area contributed by atoms with Gasteiger partial charge in [-0.1, -0.05) is 25.2 Å². The summed E-state index contributed by atoms with van der Waals surface area (Å²) in [4.78, 5) is 11.6. The summed E-state index contributed by atoms with van der Waals surface area (Å²) < 4.78 is 0.617. The number of aromatic nitrogens is 3. The van der Waals surface area contributed by atoms with Gasteiger partial charge in [-0.05, 0) is 18.1 Å². The van der Waals surface area contributed by atoms with E-state index in [1.807, 2.05) is 24.4 Å². The zero-order valence-corrected chi connectivity index (χ0v) is 11.1. The summed E-state index contributed by atoms with van der Waals surface area (Å²) in [5.74, 6) is 1.83. The van der Waals surface area contributed by atoms with Crippen molar-refractivity contribution in [1.82, 2.24) is 15.0 Å². The number of nitrogens with one attached hydrogen (secondary N) is 2. The summed E-state index contributed by atoms with van der Waals surface area (Å²) in [6.45, 7) is 2.84. The van der Waals surface area contributed by atoms with E-state index in [2.05, 4.69) is 27.2 Å². The Hall–Kier alpha value is -1.75. The molecule has 2 rings (SSSR count). The van der Waals surface area contributed by atoms with Crippen LogP contribution in [0.1, 0.15) is 24.7 Å². The number of aromatic amines is 1. The topological polar surface area (TPSA) is 53.6 Å². The van der Waals surface area contributed by atoms with Gasteiger partial charge in [0.25, 0.3) is 0 Å². The van der Waals surface area contributed by atoms with Gasteiger partial charge in [0.15, 0.2) is 0 Å². The highest BCUT2D eigenvalue weighted by Crippen LogP contribution is 2.07. The highest BCUT2D eigenvalue weighted by atomic mass is 32.1. The van der Waals surface area contributed by atoms with Crippen molar-refractivity contribution in [1.29, 1.82) is 0 Å². The number of anilines is 1. The first-order chi connectivity index (χ1) is 8.78. The number of hydrogen-bond acceptors (Lipinski definition) is 4. The van der Waals surface area contributed by atoms with Gasteiger partial charge in [-0.3, -0.25) is 4.98 Å². The van der Waals surface area contributed by atoms with E-state index in [0.717, 1.165) is 30.0 Å². The first-order valence-electron chi connectivity index (χ1n) is 6.01. The van der Waals surface area contributed by atoms with Crippen LogP contribution in [0.15, 0.2) is 30.6 Å². The molecule has 2 aromatic rings. The Balaban J connectivity index is 2.07. The minimum absolute atomic E-state index is 0.617. The molecule has 0 fully saturated rings. The third kappa shape index (κ3) is 3.63. The molecule has 0 bridgehead atoms. The number of rotatable bonds is 5. The lowest BCUT2D eigenvalue weighted by atomic mass is 10.3. The summed E-state index contributed by atoms with van der Waals surface area (Å²) in [5.41, 5.74) is 1.13. The lowest BCUT2D eigenvalue weighted by Crippen LogP contribution is -2.04. The summed E-state index contributed by atoms with van der Waals surface area (Å²) >= 11 is 5.15. The Morgan fingerprint density at radius 1 is 1.44 bits per heavy atom. The molecule has 0 unspecified atom stereocenters. The van der Waals surface area contributed by atoms with Gasteiger partial charge in [-0.25, -0.2) is 4.98 Å². The third-order valence-electron chi connectivity index (χ3n) is 2.48. The lowest BCUT2D eigenvalue weighted by molar-refractivity contribution is 0.830. The molecule has 0 spiro atoms. The van der Waals surface area contributed by atoms with Crippen LogP contribution in [0.25, 0.3) is 0 Å². The normalized spacial score (nSPS) is 10.3. The molecule has 0 saturated heterocycles. The Kier molecular flexibility index (Phi) is 4.41.